The van der Waals surface area contributed by atoms with Gasteiger partial charge in [-0.15, -0.1) is 0 Å². The number of imide groups is 1. The summed E-state index contributed by atoms with van der Waals surface area (Å²) in [4.78, 5) is 48.9. The van der Waals surface area contributed by atoms with Crippen molar-refractivity contribution in [3.05, 3.63) is 71.3 Å². The molecule has 0 bridgehead atoms. The van der Waals surface area contributed by atoms with Gasteiger partial charge in [-0.1, -0.05) is 42.5 Å². The molecule has 1 aliphatic heterocycles. The Bertz CT molecular complexity index is 844. The van der Waals surface area contributed by atoms with Crippen LogP contribution in [0.25, 0.3) is 0 Å². The summed E-state index contributed by atoms with van der Waals surface area (Å²) in [6.45, 7) is -0.156. The van der Waals surface area contributed by atoms with Crippen molar-refractivity contribution in [1.82, 2.24) is 10.2 Å². The van der Waals surface area contributed by atoms with Crippen LogP contribution in [-0.2, 0) is 20.9 Å². The third kappa shape index (κ3) is 4.38. The molecule has 2 aromatic rings. The van der Waals surface area contributed by atoms with Crippen molar-refractivity contribution in [2.45, 2.75) is 13.0 Å². The van der Waals surface area contributed by atoms with Crippen molar-refractivity contribution in [3.8, 4) is 0 Å². The van der Waals surface area contributed by atoms with Gasteiger partial charge in [0.1, 0.15) is 0 Å². The van der Waals surface area contributed by atoms with Crippen LogP contribution in [0.4, 0.5) is 0 Å². The largest absolute Gasteiger partial charge is 0.456 e. The summed E-state index contributed by atoms with van der Waals surface area (Å²) in [5, 5.41) is 2.64. The van der Waals surface area contributed by atoms with E-state index in [1.165, 1.54) is 0 Å². The van der Waals surface area contributed by atoms with Gasteiger partial charge in [0.2, 0.25) is 0 Å². The second-order valence-electron chi connectivity index (χ2n) is 5.98. The van der Waals surface area contributed by atoms with Gasteiger partial charge in [-0.05, 0) is 17.7 Å². The highest BCUT2D eigenvalue weighted by molar-refractivity contribution is 6.21. The lowest BCUT2D eigenvalue weighted by molar-refractivity contribution is -0.148. The summed E-state index contributed by atoms with van der Waals surface area (Å²) in [7, 11) is 0. The number of nitrogens with zero attached hydrogens (tertiary/aromatic N) is 1. The smallest absolute Gasteiger partial charge is 0.308 e. The van der Waals surface area contributed by atoms with Gasteiger partial charge in [0.15, 0.2) is 6.61 Å². The zero-order valence-corrected chi connectivity index (χ0v) is 14.5. The SMILES string of the molecule is O=C(COC(=O)CCN1C(=O)c2ccccc2C1=O)NCc1ccccc1. The number of ether oxygens (including phenoxy) is 1. The van der Waals surface area contributed by atoms with Crippen LogP contribution in [0.5, 0.6) is 0 Å². The molecule has 0 saturated heterocycles. The Hall–Kier alpha value is -3.48. The monoisotopic (exact) mass is 366 g/mol. The minimum atomic E-state index is -0.651. The number of carbonyl (C=O) groups is 4. The molecule has 27 heavy (non-hydrogen) atoms. The van der Waals surface area contributed by atoms with Crippen LogP contribution in [0.2, 0.25) is 0 Å². The van der Waals surface area contributed by atoms with E-state index in [9.17, 15) is 19.2 Å². The number of nitrogens with one attached hydrogen (secondary N) is 1. The fourth-order valence-electron chi connectivity index (χ4n) is 2.71. The van der Waals surface area contributed by atoms with Crippen LogP contribution in [0, 0.1) is 0 Å². The second kappa shape index (κ2) is 8.27. The molecule has 7 heteroatoms. The number of rotatable bonds is 7. The number of fused-ring (bicyclic) bond motifs is 1. The van der Waals surface area contributed by atoms with E-state index >= 15 is 0 Å². The van der Waals surface area contributed by atoms with E-state index in [-0.39, 0.29) is 13.0 Å². The van der Waals surface area contributed by atoms with E-state index in [1.54, 1.807) is 24.3 Å². The maximum Gasteiger partial charge on any atom is 0.308 e. The number of hydrogen-bond donors (Lipinski definition) is 1. The number of esters is 1. The van der Waals surface area contributed by atoms with Crippen LogP contribution in [-0.4, -0.2) is 41.7 Å². The summed E-state index contributed by atoms with van der Waals surface area (Å²) < 4.78 is 4.90. The van der Waals surface area contributed by atoms with Gasteiger partial charge in [0, 0.05) is 13.1 Å². The molecule has 0 unspecified atom stereocenters. The molecule has 3 amide bonds. The van der Waals surface area contributed by atoms with Gasteiger partial charge in [0.05, 0.1) is 17.5 Å². The molecule has 0 spiro atoms. The molecule has 7 nitrogen and oxygen atoms in total. The predicted molar refractivity (Wildman–Crippen MR) is 95.7 cm³/mol. The molecule has 0 fully saturated rings. The molecule has 0 aliphatic carbocycles. The molecule has 1 heterocycles. The Labute approximate surface area is 155 Å². The molecule has 138 valence electrons. The summed E-state index contributed by atoms with van der Waals surface area (Å²) in [6.07, 6.45) is -0.169. The fraction of sp³-hybridized carbons (Fsp3) is 0.200. The first kappa shape index (κ1) is 18.3. The normalized spacial score (nSPS) is 12.7. The van der Waals surface area contributed by atoms with E-state index in [0.29, 0.717) is 17.7 Å². The summed E-state index contributed by atoms with van der Waals surface area (Å²) in [5.41, 5.74) is 1.59. The minimum absolute atomic E-state index is 0.0865. The zero-order chi connectivity index (χ0) is 19.2. The lowest BCUT2D eigenvalue weighted by Gasteiger charge is -2.13. The maximum atomic E-state index is 12.2. The first-order valence-electron chi connectivity index (χ1n) is 8.47. The molecule has 2 aromatic carbocycles. The molecule has 3 rings (SSSR count). The van der Waals surface area contributed by atoms with Crippen molar-refractivity contribution < 1.29 is 23.9 Å². The van der Waals surface area contributed by atoms with E-state index in [1.807, 2.05) is 30.3 Å². The quantitative estimate of drug-likeness (QED) is 0.593. The maximum absolute atomic E-state index is 12.2. The Morgan fingerprint density at radius 3 is 2.11 bits per heavy atom. The fourth-order valence-corrected chi connectivity index (χ4v) is 2.71. The molecular weight excluding hydrogens is 348 g/mol. The molecule has 1 N–H and O–H groups in total. The number of benzene rings is 2. The van der Waals surface area contributed by atoms with Crippen molar-refractivity contribution in [2.24, 2.45) is 0 Å². The Morgan fingerprint density at radius 2 is 1.48 bits per heavy atom. The van der Waals surface area contributed by atoms with Crippen LogP contribution in [0.3, 0.4) is 0 Å². The van der Waals surface area contributed by atoms with E-state index in [4.69, 9.17) is 4.74 Å². The number of carbonyl (C=O) groups excluding carboxylic acids is 4. The third-order valence-electron chi connectivity index (χ3n) is 4.11. The Balaban J connectivity index is 1.41. The van der Waals surface area contributed by atoms with Crippen LogP contribution in [0.15, 0.2) is 54.6 Å². The van der Waals surface area contributed by atoms with Crippen molar-refractivity contribution in [2.75, 3.05) is 13.2 Å². The van der Waals surface area contributed by atoms with Gasteiger partial charge in [-0.3, -0.25) is 24.1 Å². The van der Waals surface area contributed by atoms with Gasteiger partial charge < -0.3 is 10.1 Å². The van der Waals surface area contributed by atoms with E-state index < -0.39 is 30.3 Å². The van der Waals surface area contributed by atoms with Crippen molar-refractivity contribution in [1.29, 1.82) is 0 Å². The first-order valence-corrected chi connectivity index (χ1v) is 8.47. The summed E-state index contributed by atoms with van der Waals surface area (Å²) >= 11 is 0. The molecular formula is C20H18N2O5. The van der Waals surface area contributed by atoms with Crippen LogP contribution < -0.4 is 5.32 Å². The highest BCUT2D eigenvalue weighted by atomic mass is 16.5. The number of amides is 3. The van der Waals surface area contributed by atoms with Crippen molar-refractivity contribution in [3.63, 3.8) is 0 Å². The van der Waals surface area contributed by atoms with Crippen LogP contribution in [0.1, 0.15) is 32.7 Å². The van der Waals surface area contributed by atoms with Gasteiger partial charge >= 0.3 is 5.97 Å². The minimum Gasteiger partial charge on any atom is -0.456 e. The average Bonchev–Trinajstić information content (AvgIpc) is 2.94. The van der Waals surface area contributed by atoms with Gasteiger partial charge in [-0.25, -0.2) is 0 Å². The van der Waals surface area contributed by atoms with E-state index in [0.717, 1.165) is 10.5 Å². The first-order chi connectivity index (χ1) is 13.1. The molecule has 0 aromatic heterocycles. The third-order valence-corrected chi connectivity index (χ3v) is 4.11. The second-order valence-corrected chi connectivity index (χ2v) is 5.98. The summed E-state index contributed by atoms with van der Waals surface area (Å²) in [5.74, 6) is -1.93. The van der Waals surface area contributed by atoms with Crippen LogP contribution >= 0.6 is 0 Å². The number of hydrogen-bond acceptors (Lipinski definition) is 5. The standard InChI is InChI=1S/C20H18N2O5/c23-17(21-12-14-6-2-1-3-7-14)13-27-18(24)10-11-22-19(25)15-8-4-5-9-16(15)20(22)26/h1-9H,10-13H2,(H,21,23). The highest BCUT2D eigenvalue weighted by Gasteiger charge is 2.35. The predicted octanol–water partition coefficient (Wildman–Crippen LogP) is 1.53. The zero-order valence-electron chi connectivity index (χ0n) is 14.5. The van der Waals surface area contributed by atoms with Crippen molar-refractivity contribution >= 4 is 23.7 Å². The lowest BCUT2D eigenvalue weighted by Crippen LogP contribution is -2.33. The molecule has 0 atom stereocenters. The average molecular weight is 366 g/mol. The lowest BCUT2D eigenvalue weighted by atomic mass is 10.1. The Morgan fingerprint density at radius 1 is 0.889 bits per heavy atom. The molecule has 1 aliphatic rings. The highest BCUT2D eigenvalue weighted by Crippen LogP contribution is 2.22. The molecule has 0 saturated carbocycles. The summed E-state index contributed by atoms with van der Waals surface area (Å²) in [6, 6.07) is 15.8. The Kier molecular flexibility index (Phi) is 5.61. The van der Waals surface area contributed by atoms with Gasteiger partial charge in [-0.2, -0.15) is 0 Å². The van der Waals surface area contributed by atoms with E-state index in [2.05, 4.69) is 5.32 Å². The van der Waals surface area contributed by atoms with Gasteiger partial charge in [0.25, 0.3) is 17.7 Å². The topological polar surface area (TPSA) is 92.8 Å². The molecule has 0 radical (unpaired) electrons.